The summed E-state index contributed by atoms with van der Waals surface area (Å²) in [6.45, 7) is 0. The molecular weight excluding hydrogens is 236 g/mol. The zero-order valence-corrected chi connectivity index (χ0v) is 9.15. The van der Waals surface area contributed by atoms with Crippen LogP contribution >= 0.6 is 11.6 Å². The predicted octanol–water partition coefficient (Wildman–Crippen LogP) is 1.78. The summed E-state index contributed by atoms with van der Waals surface area (Å²) in [6, 6.07) is 4.02. The molecule has 0 saturated heterocycles. The maximum Gasteiger partial charge on any atom is 0.311 e. The first-order valence-electron chi connectivity index (χ1n) is 4.26. The van der Waals surface area contributed by atoms with E-state index in [0.717, 1.165) is 0 Å². The Hall–Kier alpha value is -1.82. The molecule has 0 unspecified atom stereocenters. The smallest absolute Gasteiger partial charge is 0.311 e. The molecule has 1 aromatic carbocycles. The number of nitro groups is 1. The third kappa shape index (κ3) is 2.83. The van der Waals surface area contributed by atoms with Crippen LogP contribution in [0.4, 0.5) is 11.4 Å². The van der Waals surface area contributed by atoms with Crippen molar-refractivity contribution in [1.29, 1.82) is 0 Å². The molecule has 0 heterocycles. The Morgan fingerprint density at radius 3 is 2.81 bits per heavy atom. The molecule has 0 aliphatic carbocycles. The van der Waals surface area contributed by atoms with Crippen LogP contribution in [0.1, 0.15) is 0 Å². The Balaban J connectivity index is 2.99. The average molecular weight is 245 g/mol. The van der Waals surface area contributed by atoms with Gasteiger partial charge in [-0.25, -0.2) is 0 Å². The second-order valence-corrected chi connectivity index (χ2v) is 3.09. The van der Waals surface area contributed by atoms with Gasteiger partial charge in [-0.2, -0.15) is 0 Å². The quantitative estimate of drug-likeness (QED) is 0.497. The van der Waals surface area contributed by atoms with Crippen molar-refractivity contribution >= 4 is 28.9 Å². The Labute approximate surface area is 96.3 Å². The number of halogens is 1. The summed E-state index contributed by atoms with van der Waals surface area (Å²) < 4.78 is 4.84. The Morgan fingerprint density at radius 1 is 1.62 bits per heavy atom. The number of amides is 1. The maximum absolute atomic E-state index is 11.0. The van der Waals surface area contributed by atoms with Crippen molar-refractivity contribution in [3.05, 3.63) is 28.3 Å². The van der Waals surface area contributed by atoms with Crippen molar-refractivity contribution in [2.45, 2.75) is 0 Å². The second kappa shape index (κ2) is 5.32. The fourth-order valence-electron chi connectivity index (χ4n) is 1.10. The monoisotopic (exact) mass is 244 g/mol. The zero-order valence-electron chi connectivity index (χ0n) is 8.40. The summed E-state index contributed by atoms with van der Waals surface area (Å²) in [5, 5.41) is 13.0. The molecule has 16 heavy (non-hydrogen) atoms. The third-order valence-electron chi connectivity index (χ3n) is 1.78. The normalized spacial score (nSPS) is 9.62. The number of benzene rings is 1. The molecule has 86 valence electrons. The molecule has 6 nitrogen and oxygen atoms in total. The summed E-state index contributed by atoms with van der Waals surface area (Å²) >= 11 is 5.31. The van der Waals surface area contributed by atoms with E-state index < -0.39 is 10.8 Å². The van der Waals surface area contributed by atoms with Gasteiger partial charge in [0.05, 0.1) is 12.0 Å². The number of anilines is 1. The van der Waals surface area contributed by atoms with Gasteiger partial charge in [0, 0.05) is 17.8 Å². The van der Waals surface area contributed by atoms with Crippen LogP contribution < -0.4 is 10.1 Å². The molecular formula is C9H9ClN2O4. The van der Waals surface area contributed by atoms with Crippen molar-refractivity contribution in [2.75, 3.05) is 18.3 Å². The van der Waals surface area contributed by atoms with Gasteiger partial charge in [-0.15, -0.1) is 11.6 Å². The molecule has 0 aromatic heterocycles. The van der Waals surface area contributed by atoms with Gasteiger partial charge in [-0.05, 0) is 6.07 Å². The van der Waals surface area contributed by atoms with Crippen molar-refractivity contribution in [3.8, 4) is 5.75 Å². The standard InChI is InChI=1S/C9H9ClN2O4/c1-16-8-4-6(11-9(13)5-10)2-3-7(8)12(14)15/h2-4H,5H2,1H3,(H,11,13). The van der Waals surface area contributed by atoms with Gasteiger partial charge in [0.1, 0.15) is 5.88 Å². The number of ether oxygens (including phenoxy) is 1. The first-order chi connectivity index (χ1) is 7.58. The molecule has 0 radical (unpaired) electrons. The van der Waals surface area contributed by atoms with Crippen molar-refractivity contribution in [3.63, 3.8) is 0 Å². The van der Waals surface area contributed by atoms with Crippen molar-refractivity contribution < 1.29 is 14.5 Å². The van der Waals surface area contributed by atoms with E-state index in [2.05, 4.69) is 5.32 Å². The Kier molecular flexibility index (Phi) is 4.07. The van der Waals surface area contributed by atoms with Crippen LogP contribution in [-0.4, -0.2) is 23.8 Å². The van der Waals surface area contributed by atoms with E-state index in [0.29, 0.717) is 5.69 Å². The number of hydrogen-bond donors (Lipinski definition) is 1. The topological polar surface area (TPSA) is 81.5 Å². The molecule has 0 saturated carbocycles. The number of nitro benzene ring substituents is 1. The van der Waals surface area contributed by atoms with Gasteiger partial charge in [-0.1, -0.05) is 0 Å². The number of alkyl halides is 1. The van der Waals surface area contributed by atoms with Gasteiger partial charge in [-0.3, -0.25) is 14.9 Å². The van der Waals surface area contributed by atoms with Gasteiger partial charge < -0.3 is 10.1 Å². The highest BCUT2D eigenvalue weighted by Crippen LogP contribution is 2.29. The average Bonchev–Trinajstić information content (AvgIpc) is 2.28. The summed E-state index contributed by atoms with van der Waals surface area (Å²) in [7, 11) is 1.31. The Bertz CT molecular complexity index is 422. The molecule has 0 aliphatic heterocycles. The molecule has 7 heteroatoms. The van der Waals surface area contributed by atoms with Crippen LogP contribution in [0.15, 0.2) is 18.2 Å². The largest absolute Gasteiger partial charge is 0.490 e. The molecule has 1 aromatic rings. The molecule has 1 N–H and O–H groups in total. The van der Waals surface area contributed by atoms with Gasteiger partial charge in [0.25, 0.3) is 0 Å². The first-order valence-corrected chi connectivity index (χ1v) is 4.80. The van der Waals surface area contributed by atoms with E-state index in [1.165, 1.54) is 25.3 Å². The lowest BCUT2D eigenvalue weighted by atomic mass is 10.2. The minimum atomic E-state index is -0.564. The summed E-state index contributed by atoms with van der Waals surface area (Å²) in [5.41, 5.74) is 0.236. The number of nitrogens with one attached hydrogen (secondary N) is 1. The molecule has 0 spiro atoms. The fraction of sp³-hybridized carbons (Fsp3) is 0.222. The lowest BCUT2D eigenvalue weighted by molar-refractivity contribution is -0.385. The minimum Gasteiger partial charge on any atom is -0.490 e. The lowest BCUT2D eigenvalue weighted by Crippen LogP contribution is -2.12. The zero-order chi connectivity index (χ0) is 12.1. The van der Waals surface area contributed by atoms with Gasteiger partial charge in [0.15, 0.2) is 5.75 Å². The SMILES string of the molecule is COc1cc(NC(=O)CCl)ccc1[N+](=O)[O-]. The molecule has 0 fully saturated rings. The van der Waals surface area contributed by atoms with Crippen molar-refractivity contribution in [2.24, 2.45) is 0 Å². The lowest BCUT2D eigenvalue weighted by Gasteiger charge is -2.05. The molecule has 0 bridgehead atoms. The Morgan fingerprint density at radius 2 is 2.31 bits per heavy atom. The molecule has 0 atom stereocenters. The predicted molar refractivity (Wildman–Crippen MR) is 59.0 cm³/mol. The van der Waals surface area contributed by atoms with Crippen LogP contribution in [0.3, 0.4) is 0 Å². The second-order valence-electron chi connectivity index (χ2n) is 2.83. The van der Waals surface area contributed by atoms with E-state index in [1.807, 2.05) is 0 Å². The van der Waals surface area contributed by atoms with Gasteiger partial charge in [0.2, 0.25) is 5.91 Å². The summed E-state index contributed by atoms with van der Waals surface area (Å²) in [4.78, 5) is 21.0. The van der Waals surface area contributed by atoms with Crippen molar-refractivity contribution in [1.82, 2.24) is 0 Å². The fourth-order valence-corrected chi connectivity index (χ4v) is 1.17. The van der Waals surface area contributed by atoms with Crippen LogP contribution in [0.25, 0.3) is 0 Å². The van der Waals surface area contributed by atoms with E-state index in [1.54, 1.807) is 0 Å². The van der Waals surface area contributed by atoms with E-state index in [9.17, 15) is 14.9 Å². The van der Waals surface area contributed by atoms with E-state index in [4.69, 9.17) is 16.3 Å². The first kappa shape index (κ1) is 12.3. The number of nitrogens with zero attached hydrogens (tertiary/aromatic N) is 1. The van der Waals surface area contributed by atoms with Crippen LogP contribution in [0.5, 0.6) is 5.75 Å². The maximum atomic E-state index is 11.0. The van der Waals surface area contributed by atoms with E-state index in [-0.39, 0.29) is 17.3 Å². The number of hydrogen-bond acceptors (Lipinski definition) is 4. The highest BCUT2D eigenvalue weighted by atomic mass is 35.5. The van der Waals surface area contributed by atoms with E-state index >= 15 is 0 Å². The van der Waals surface area contributed by atoms with Crippen LogP contribution in [-0.2, 0) is 4.79 Å². The number of carbonyl (C=O) groups excluding carboxylic acids is 1. The number of methoxy groups -OCH3 is 1. The number of carbonyl (C=O) groups is 1. The summed E-state index contributed by atoms with van der Waals surface area (Å²) in [5.74, 6) is -0.491. The molecule has 1 amide bonds. The van der Waals surface area contributed by atoms with Crippen LogP contribution in [0, 0.1) is 10.1 Å². The summed E-state index contributed by atoms with van der Waals surface area (Å²) in [6.07, 6.45) is 0. The molecule has 1 rings (SSSR count). The van der Waals surface area contributed by atoms with Gasteiger partial charge >= 0.3 is 5.69 Å². The highest BCUT2D eigenvalue weighted by Gasteiger charge is 2.15. The third-order valence-corrected chi connectivity index (χ3v) is 2.02. The number of rotatable bonds is 4. The molecule has 0 aliphatic rings. The van der Waals surface area contributed by atoms with Crippen LogP contribution in [0.2, 0.25) is 0 Å². The minimum absolute atomic E-state index is 0.0809. The highest BCUT2D eigenvalue weighted by molar-refractivity contribution is 6.29.